The molecule has 1 fully saturated rings. The summed E-state index contributed by atoms with van der Waals surface area (Å²) in [6.07, 6.45) is 6.71. The zero-order valence-electron chi connectivity index (χ0n) is 14.8. The highest BCUT2D eigenvalue weighted by molar-refractivity contribution is 4.88. The third-order valence-corrected chi connectivity index (χ3v) is 4.74. The summed E-state index contributed by atoms with van der Waals surface area (Å²) in [5.41, 5.74) is 0. The predicted octanol–water partition coefficient (Wildman–Crippen LogP) is 4.30. The standard InChI is InChI=1S/C18H38N2/c1-7-18-12-19-17(11-15(4)5)13-20(18)16(6)10-8-9-14(2)3/h14-19H,7-13H2,1-6H3. The lowest BCUT2D eigenvalue weighted by molar-refractivity contribution is 0.0751. The van der Waals surface area contributed by atoms with Crippen LogP contribution in [0.15, 0.2) is 0 Å². The van der Waals surface area contributed by atoms with Gasteiger partial charge in [0.25, 0.3) is 0 Å². The molecule has 0 aromatic heterocycles. The molecule has 1 rings (SSSR count). The zero-order valence-corrected chi connectivity index (χ0v) is 14.8. The fourth-order valence-electron chi connectivity index (χ4n) is 3.52. The van der Waals surface area contributed by atoms with Crippen molar-refractivity contribution in [2.24, 2.45) is 11.8 Å². The van der Waals surface area contributed by atoms with Gasteiger partial charge in [0, 0.05) is 31.2 Å². The van der Waals surface area contributed by atoms with Crippen LogP contribution in [-0.2, 0) is 0 Å². The number of piperazine rings is 1. The van der Waals surface area contributed by atoms with Gasteiger partial charge in [-0.25, -0.2) is 0 Å². The second kappa shape index (κ2) is 9.04. The van der Waals surface area contributed by atoms with E-state index < -0.39 is 0 Å². The molecule has 120 valence electrons. The van der Waals surface area contributed by atoms with Crippen LogP contribution in [0.5, 0.6) is 0 Å². The van der Waals surface area contributed by atoms with Gasteiger partial charge in [-0.1, -0.05) is 47.5 Å². The first-order chi connectivity index (χ1) is 9.43. The molecule has 1 saturated heterocycles. The minimum atomic E-state index is 0.699. The molecule has 2 nitrogen and oxygen atoms in total. The van der Waals surface area contributed by atoms with Crippen molar-refractivity contribution in [3.8, 4) is 0 Å². The van der Waals surface area contributed by atoms with Gasteiger partial charge < -0.3 is 5.32 Å². The Morgan fingerprint density at radius 1 is 1.05 bits per heavy atom. The minimum Gasteiger partial charge on any atom is -0.311 e. The number of hydrogen-bond donors (Lipinski definition) is 1. The molecule has 0 radical (unpaired) electrons. The van der Waals surface area contributed by atoms with Crippen LogP contribution in [0.4, 0.5) is 0 Å². The van der Waals surface area contributed by atoms with Crippen LogP contribution in [0, 0.1) is 11.8 Å². The number of nitrogens with zero attached hydrogens (tertiary/aromatic N) is 1. The average molecular weight is 283 g/mol. The summed E-state index contributed by atoms with van der Waals surface area (Å²) >= 11 is 0. The molecule has 1 heterocycles. The molecule has 1 aliphatic heterocycles. The lowest BCUT2D eigenvalue weighted by Gasteiger charge is -2.44. The number of hydrogen-bond acceptors (Lipinski definition) is 2. The number of nitrogens with one attached hydrogen (secondary N) is 1. The van der Waals surface area contributed by atoms with Gasteiger partial charge in [0.15, 0.2) is 0 Å². The molecule has 3 atom stereocenters. The molecule has 1 aliphatic rings. The van der Waals surface area contributed by atoms with Crippen LogP contribution >= 0.6 is 0 Å². The molecule has 2 heteroatoms. The first-order valence-electron chi connectivity index (χ1n) is 8.93. The highest BCUT2D eigenvalue weighted by Gasteiger charge is 2.29. The van der Waals surface area contributed by atoms with Crippen molar-refractivity contribution in [3.05, 3.63) is 0 Å². The Morgan fingerprint density at radius 2 is 1.75 bits per heavy atom. The molecule has 1 N–H and O–H groups in total. The summed E-state index contributed by atoms with van der Waals surface area (Å²) in [6, 6.07) is 2.19. The minimum absolute atomic E-state index is 0.699. The van der Waals surface area contributed by atoms with Crippen molar-refractivity contribution >= 4 is 0 Å². The van der Waals surface area contributed by atoms with Crippen molar-refractivity contribution in [3.63, 3.8) is 0 Å². The smallest absolute Gasteiger partial charge is 0.0221 e. The van der Waals surface area contributed by atoms with Gasteiger partial charge in [-0.3, -0.25) is 4.90 Å². The fourth-order valence-corrected chi connectivity index (χ4v) is 3.52. The Bertz CT molecular complexity index is 250. The maximum Gasteiger partial charge on any atom is 0.0221 e. The van der Waals surface area contributed by atoms with Crippen LogP contribution in [-0.4, -0.2) is 36.1 Å². The van der Waals surface area contributed by atoms with E-state index in [9.17, 15) is 0 Å². The monoisotopic (exact) mass is 282 g/mol. The summed E-state index contributed by atoms with van der Waals surface area (Å²) < 4.78 is 0. The molecule has 0 saturated carbocycles. The van der Waals surface area contributed by atoms with E-state index in [-0.39, 0.29) is 0 Å². The maximum absolute atomic E-state index is 3.77. The number of rotatable bonds is 8. The Morgan fingerprint density at radius 3 is 2.30 bits per heavy atom. The van der Waals surface area contributed by atoms with Gasteiger partial charge in [0.05, 0.1) is 0 Å². The fraction of sp³-hybridized carbons (Fsp3) is 1.00. The Balaban J connectivity index is 2.47. The highest BCUT2D eigenvalue weighted by Crippen LogP contribution is 2.21. The quantitative estimate of drug-likeness (QED) is 0.714. The highest BCUT2D eigenvalue weighted by atomic mass is 15.2. The van der Waals surface area contributed by atoms with Crippen LogP contribution in [0.25, 0.3) is 0 Å². The van der Waals surface area contributed by atoms with E-state index in [1.165, 1.54) is 45.2 Å². The van der Waals surface area contributed by atoms with Crippen molar-refractivity contribution in [1.82, 2.24) is 10.2 Å². The lowest BCUT2D eigenvalue weighted by Crippen LogP contribution is -2.59. The van der Waals surface area contributed by atoms with E-state index in [1.807, 2.05) is 0 Å². The van der Waals surface area contributed by atoms with Crippen LogP contribution < -0.4 is 5.32 Å². The predicted molar refractivity (Wildman–Crippen MR) is 90.2 cm³/mol. The molecule has 0 aromatic rings. The van der Waals surface area contributed by atoms with Gasteiger partial charge in [0.2, 0.25) is 0 Å². The third kappa shape index (κ3) is 6.13. The Labute approximate surface area is 127 Å². The SMILES string of the molecule is CCC1CNC(CC(C)C)CN1C(C)CCCC(C)C. The third-order valence-electron chi connectivity index (χ3n) is 4.74. The van der Waals surface area contributed by atoms with Gasteiger partial charge in [-0.15, -0.1) is 0 Å². The van der Waals surface area contributed by atoms with E-state index in [4.69, 9.17) is 0 Å². The van der Waals surface area contributed by atoms with Crippen molar-refractivity contribution in [2.75, 3.05) is 13.1 Å². The molecule has 0 aromatic carbocycles. The van der Waals surface area contributed by atoms with Gasteiger partial charge in [-0.2, -0.15) is 0 Å². The molecule has 0 aliphatic carbocycles. The van der Waals surface area contributed by atoms with E-state index in [2.05, 4.69) is 51.8 Å². The van der Waals surface area contributed by atoms with Gasteiger partial charge in [-0.05, 0) is 38.0 Å². The van der Waals surface area contributed by atoms with E-state index in [0.29, 0.717) is 6.04 Å². The average Bonchev–Trinajstić information content (AvgIpc) is 2.37. The second-order valence-electron chi connectivity index (χ2n) is 7.67. The largest absolute Gasteiger partial charge is 0.311 e. The summed E-state index contributed by atoms with van der Waals surface area (Å²) in [5.74, 6) is 1.64. The van der Waals surface area contributed by atoms with Crippen LogP contribution in [0.3, 0.4) is 0 Å². The Hall–Kier alpha value is -0.0800. The molecular weight excluding hydrogens is 244 g/mol. The molecule has 20 heavy (non-hydrogen) atoms. The van der Waals surface area contributed by atoms with Crippen LogP contribution in [0.2, 0.25) is 0 Å². The summed E-state index contributed by atoms with van der Waals surface area (Å²) in [5, 5.41) is 3.77. The summed E-state index contributed by atoms with van der Waals surface area (Å²) in [6.45, 7) is 16.6. The zero-order chi connectivity index (χ0) is 15.1. The van der Waals surface area contributed by atoms with Crippen molar-refractivity contribution in [1.29, 1.82) is 0 Å². The first kappa shape index (κ1) is 18.0. The summed E-state index contributed by atoms with van der Waals surface area (Å²) in [4.78, 5) is 2.80. The van der Waals surface area contributed by atoms with Crippen molar-refractivity contribution < 1.29 is 0 Å². The van der Waals surface area contributed by atoms with E-state index >= 15 is 0 Å². The first-order valence-corrected chi connectivity index (χ1v) is 8.93. The second-order valence-corrected chi connectivity index (χ2v) is 7.67. The Kier molecular flexibility index (Phi) is 8.13. The van der Waals surface area contributed by atoms with Crippen LogP contribution in [0.1, 0.15) is 73.6 Å². The summed E-state index contributed by atoms with van der Waals surface area (Å²) in [7, 11) is 0. The maximum atomic E-state index is 3.77. The lowest BCUT2D eigenvalue weighted by atomic mass is 9.96. The molecule has 0 spiro atoms. The molecule has 0 amide bonds. The molecule has 3 unspecified atom stereocenters. The normalized spacial score (nSPS) is 26.4. The van der Waals surface area contributed by atoms with Crippen molar-refractivity contribution in [2.45, 2.75) is 91.8 Å². The molecular formula is C18H38N2. The van der Waals surface area contributed by atoms with Gasteiger partial charge >= 0.3 is 0 Å². The topological polar surface area (TPSA) is 15.3 Å². The van der Waals surface area contributed by atoms with E-state index in [1.54, 1.807) is 0 Å². The van der Waals surface area contributed by atoms with Gasteiger partial charge in [0.1, 0.15) is 0 Å². The molecule has 0 bridgehead atoms. The van der Waals surface area contributed by atoms with E-state index in [0.717, 1.165) is 23.9 Å².